The molecule has 2 aromatic carbocycles. The Morgan fingerprint density at radius 1 is 0.596 bits per heavy atom. The van der Waals surface area contributed by atoms with E-state index in [1.807, 2.05) is 36.4 Å². The molecule has 5 aromatic rings. The maximum Gasteiger partial charge on any atom is 0.150 e. The molecular formula is C41H37BrN4O. The van der Waals surface area contributed by atoms with E-state index in [0.717, 1.165) is 77.9 Å². The molecule has 7 rings (SSSR count). The molecule has 0 spiro atoms. The lowest BCUT2D eigenvalue weighted by atomic mass is 9.79. The molecule has 234 valence electrons. The van der Waals surface area contributed by atoms with E-state index < -0.39 is 0 Å². The third kappa shape index (κ3) is 5.94. The van der Waals surface area contributed by atoms with Crippen LogP contribution >= 0.6 is 15.9 Å². The molecule has 2 aliphatic heterocycles. The van der Waals surface area contributed by atoms with Gasteiger partial charge in [0.15, 0.2) is 0 Å². The second kappa shape index (κ2) is 11.5. The van der Waals surface area contributed by atoms with E-state index in [1.165, 1.54) is 11.1 Å². The van der Waals surface area contributed by atoms with Crippen molar-refractivity contribution < 1.29 is 4.79 Å². The molecule has 5 heterocycles. The van der Waals surface area contributed by atoms with Crippen molar-refractivity contribution in [2.45, 2.75) is 52.4 Å². The Kier molecular flexibility index (Phi) is 7.52. The molecule has 0 fully saturated rings. The smallest absolute Gasteiger partial charge is 0.150 e. The Labute approximate surface area is 283 Å². The summed E-state index contributed by atoms with van der Waals surface area (Å²) in [7, 11) is 0. The number of nitrogens with zero attached hydrogens (tertiary/aromatic N) is 2. The molecule has 47 heavy (non-hydrogen) atoms. The number of H-pyrrole nitrogens is 2. The van der Waals surface area contributed by atoms with Gasteiger partial charge in [0.05, 0.1) is 32.8 Å². The van der Waals surface area contributed by atoms with Gasteiger partial charge >= 0.3 is 0 Å². The minimum atomic E-state index is -0.0240. The predicted octanol–water partition coefficient (Wildman–Crippen LogP) is 11.2. The van der Waals surface area contributed by atoms with Crippen LogP contribution in [0.2, 0.25) is 0 Å². The lowest BCUT2D eigenvalue weighted by Gasteiger charge is -2.26. The summed E-state index contributed by atoms with van der Waals surface area (Å²) in [4.78, 5) is 28.9. The van der Waals surface area contributed by atoms with Gasteiger partial charge in [0, 0.05) is 33.2 Å². The monoisotopic (exact) mass is 680 g/mol. The number of carbonyl (C=O) groups is 1. The van der Waals surface area contributed by atoms with Gasteiger partial charge in [0.1, 0.15) is 6.29 Å². The Balaban J connectivity index is 1.56. The Morgan fingerprint density at radius 3 is 1.85 bits per heavy atom. The number of aromatic nitrogens is 4. The second-order valence-electron chi connectivity index (χ2n) is 14.3. The van der Waals surface area contributed by atoms with Gasteiger partial charge in [-0.15, -0.1) is 0 Å². The summed E-state index contributed by atoms with van der Waals surface area (Å²) in [6, 6.07) is 25.0. The third-order valence-electron chi connectivity index (χ3n) is 8.80. The number of nitrogens with one attached hydrogen (secondary N) is 2. The van der Waals surface area contributed by atoms with Crippen LogP contribution in [-0.4, -0.2) is 26.2 Å². The molecule has 0 saturated heterocycles. The quantitative estimate of drug-likeness (QED) is 0.182. The van der Waals surface area contributed by atoms with Gasteiger partial charge in [-0.25, -0.2) is 9.97 Å². The highest BCUT2D eigenvalue weighted by Gasteiger charge is 2.23. The molecule has 8 bridgehead atoms. The van der Waals surface area contributed by atoms with Crippen molar-refractivity contribution in [2.75, 3.05) is 0 Å². The zero-order chi connectivity index (χ0) is 33.1. The van der Waals surface area contributed by atoms with E-state index in [9.17, 15) is 4.79 Å². The Morgan fingerprint density at radius 2 is 1.17 bits per heavy atom. The van der Waals surface area contributed by atoms with Gasteiger partial charge in [-0.3, -0.25) is 4.79 Å². The Hall–Kier alpha value is -4.81. The van der Waals surface area contributed by atoms with E-state index in [4.69, 9.17) is 9.97 Å². The van der Waals surface area contributed by atoms with Crippen LogP contribution in [0.5, 0.6) is 0 Å². The fraction of sp³-hybridized carbons (Fsp3) is 0.195. The minimum Gasteiger partial charge on any atom is -0.355 e. The standard InChI is InChI=1S/C41H37BrN4O/c1-40(2,3)27-19-26(20-28(21-27)41(4,5)6)38-32-14-12-30(44-32)22-29-11-13-31(43-29)37(25-9-7-24(23-47)8-10-25)33-15-17-35(45-33)39(42)36-18-16-34(38)46-36/h7-23,43,46H,1-6H3. The van der Waals surface area contributed by atoms with Crippen molar-refractivity contribution in [1.29, 1.82) is 0 Å². The van der Waals surface area contributed by atoms with E-state index >= 15 is 0 Å². The maximum absolute atomic E-state index is 11.4. The zero-order valence-electron chi connectivity index (χ0n) is 27.5. The van der Waals surface area contributed by atoms with Crippen molar-refractivity contribution in [2.24, 2.45) is 0 Å². The highest BCUT2D eigenvalue weighted by molar-refractivity contribution is 9.10. The summed E-state index contributed by atoms with van der Waals surface area (Å²) >= 11 is 3.88. The van der Waals surface area contributed by atoms with Gasteiger partial charge in [0.25, 0.3) is 0 Å². The first-order valence-corrected chi connectivity index (χ1v) is 16.7. The van der Waals surface area contributed by atoms with Crippen LogP contribution in [0.15, 0.2) is 77.3 Å². The number of aromatic amines is 2. The summed E-state index contributed by atoms with van der Waals surface area (Å²) in [5.74, 6) is 0. The van der Waals surface area contributed by atoms with E-state index in [2.05, 4.69) is 128 Å². The molecule has 5 nitrogen and oxygen atoms in total. The minimum absolute atomic E-state index is 0.0240. The summed E-state index contributed by atoms with van der Waals surface area (Å²) in [6.07, 6.45) is 9.12. The van der Waals surface area contributed by atoms with Gasteiger partial charge in [-0.1, -0.05) is 84.0 Å². The molecule has 3 aromatic heterocycles. The van der Waals surface area contributed by atoms with Crippen LogP contribution in [0.4, 0.5) is 0 Å². The average Bonchev–Trinajstić information content (AvgIpc) is 3.86. The molecule has 0 aliphatic carbocycles. The fourth-order valence-electron chi connectivity index (χ4n) is 6.08. The molecule has 6 heteroatoms. The zero-order valence-corrected chi connectivity index (χ0v) is 29.1. The van der Waals surface area contributed by atoms with Crippen molar-refractivity contribution in [3.8, 4) is 22.3 Å². The number of aldehydes is 1. The van der Waals surface area contributed by atoms with Crippen molar-refractivity contribution in [3.63, 3.8) is 0 Å². The largest absolute Gasteiger partial charge is 0.355 e. The average molecular weight is 682 g/mol. The number of carbonyl (C=O) groups excluding carboxylic acids is 1. The van der Waals surface area contributed by atoms with Crippen LogP contribution in [0.1, 0.15) is 85.8 Å². The van der Waals surface area contributed by atoms with Crippen molar-refractivity contribution >= 4 is 68.6 Å². The number of halogens is 1. The third-order valence-corrected chi connectivity index (χ3v) is 9.63. The topological polar surface area (TPSA) is 74.4 Å². The number of fused-ring (bicyclic) bond motifs is 8. The first-order valence-electron chi connectivity index (χ1n) is 15.9. The molecule has 0 amide bonds. The summed E-state index contributed by atoms with van der Waals surface area (Å²) in [5.41, 5.74) is 14.5. The van der Waals surface area contributed by atoms with Gasteiger partial charge in [-0.2, -0.15) is 0 Å². The van der Waals surface area contributed by atoms with Crippen LogP contribution in [0.25, 0.3) is 68.6 Å². The van der Waals surface area contributed by atoms with Crippen molar-refractivity contribution in [1.82, 2.24) is 19.9 Å². The summed E-state index contributed by atoms with van der Waals surface area (Å²) in [5, 5.41) is 0. The van der Waals surface area contributed by atoms with Gasteiger partial charge in [-0.05, 0) is 104 Å². The number of hydrogen-bond acceptors (Lipinski definition) is 3. The van der Waals surface area contributed by atoms with Crippen LogP contribution < -0.4 is 0 Å². The second-order valence-corrected chi connectivity index (χ2v) is 15.1. The van der Waals surface area contributed by atoms with Gasteiger partial charge in [0.2, 0.25) is 0 Å². The molecule has 0 radical (unpaired) electrons. The summed E-state index contributed by atoms with van der Waals surface area (Å²) < 4.78 is 0.868. The van der Waals surface area contributed by atoms with Crippen LogP contribution in [-0.2, 0) is 10.8 Å². The molecular weight excluding hydrogens is 644 g/mol. The fourth-order valence-corrected chi connectivity index (χ4v) is 6.53. The molecule has 0 saturated carbocycles. The van der Waals surface area contributed by atoms with E-state index in [-0.39, 0.29) is 10.8 Å². The van der Waals surface area contributed by atoms with E-state index in [0.29, 0.717) is 5.56 Å². The first kappa shape index (κ1) is 30.8. The van der Waals surface area contributed by atoms with Crippen LogP contribution in [0.3, 0.4) is 0 Å². The Bertz CT molecular complexity index is 2260. The van der Waals surface area contributed by atoms with Gasteiger partial charge < -0.3 is 9.97 Å². The SMILES string of the molecule is CC(C)(C)c1cc(-c2c3nc(cc4ccc([nH]4)c(-c4ccc(C=O)cc4)c4nc(c(Br)c5ccc2[nH]5)C=C4)C=C3)cc(C(C)(C)C)c1. The number of benzene rings is 2. The molecule has 0 unspecified atom stereocenters. The summed E-state index contributed by atoms with van der Waals surface area (Å²) in [6.45, 7) is 13.6. The lowest BCUT2D eigenvalue weighted by molar-refractivity contribution is 0.112. The molecule has 2 N–H and O–H groups in total. The highest BCUT2D eigenvalue weighted by Crippen LogP contribution is 2.38. The first-order chi connectivity index (χ1) is 22.4. The molecule has 2 aliphatic rings. The van der Waals surface area contributed by atoms with Crippen molar-refractivity contribution in [3.05, 3.63) is 117 Å². The van der Waals surface area contributed by atoms with Crippen LogP contribution in [0, 0.1) is 0 Å². The predicted molar refractivity (Wildman–Crippen MR) is 200 cm³/mol. The molecule has 0 atom stereocenters. The number of rotatable bonds is 3. The number of hydrogen-bond donors (Lipinski definition) is 2. The lowest BCUT2D eigenvalue weighted by Crippen LogP contribution is -2.16. The normalized spacial score (nSPS) is 12.9. The maximum atomic E-state index is 11.4. The van der Waals surface area contributed by atoms with E-state index in [1.54, 1.807) is 0 Å². The highest BCUT2D eigenvalue weighted by atomic mass is 79.9.